The Bertz CT molecular complexity index is 2260. The maximum absolute atomic E-state index is 12.8. The van der Waals surface area contributed by atoms with Gasteiger partial charge in [-0.3, -0.25) is 24.0 Å². The van der Waals surface area contributed by atoms with Crippen LogP contribution < -0.4 is 11.1 Å². The molecule has 0 fully saturated rings. The molecule has 97 heavy (non-hydrogen) atoms. The predicted octanol–water partition coefficient (Wildman–Crippen LogP) is 17.4. The molecular formula is C77H135BClN2O15U. The number of nitrogens with one attached hydrogen (secondary N) is 1. The number of esters is 4. The molecule has 2 atom stereocenters. The molecule has 1 radical (unpaired) electrons. The van der Waals surface area contributed by atoms with Gasteiger partial charge in [-0.2, -0.15) is 19.2 Å². The zero-order valence-electron chi connectivity index (χ0n) is 63.6. The summed E-state index contributed by atoms with van der Waals surface area (Å²) in [6.45, 7) is 23.7. The van der Waals surface area contributed by atoms with E-state index in [-0.39, 0.29) is 104 Å². The standard InChI is InChI=1S/C37H63NO5.C22H42O4.C15H23NO2.2CO2.CH4.BH2.ClH.U/c1-36(2,3)42-34(40)30-23-18-16-14-12-10-8-7-9-11-13-15-17-22-29-33(39)38-32(35(41)43-37(4,5)6)28-24-27-31-25-20-19-21-26-31;1-22(2,3)26-21(24)18-16-14-12-10-8-6-4-5-7-9-11-13-15-17-19-25-20-23;1-15(2,3)18-14(17)13(16)11-7-10-12-8-5-4-6-9-12;2*2-1-3;;;;/h19-21,25-26,32H,7-18,22-24,27-30H2,1-6H3,(H,38,39);20H,4-19H2,1-3H3;4-6,8-9,13H,7,10-11,16H2,1-3H3;;;1H4;1H2;1H;/i;;;;;;1T2;;. The summed E-state index contributed by atoms with van der Waals surface area (Å²) in [4.78, 5) is 103. The Balaban J connectivity index is -0.000000257. The Labute approximate surface area is 622 Å². The SMILES string of the molecule is C.CC(C)(C)OC(=O)C(N)CCCc1ccccc1.CC(C)(C)OC(=O)CCCCCCCCCCCCCCCCC(=O)NC(CCCc1ccccc1)C(=O)OC(C)(C)C.CC(C)(C)OC(=O)CCCCCCCCCCCCCCCCOC=O.Cl.O=C=O.O=C=O.[3H][B][3H].[U]. The molecule has 0 bridgehead atoms. The second kappa shape index (κ2) is 69.8. The second-order valence-electron chi connectivity index (χ2n) is 28.0. The molecule has 3 N–H and O–H groups in total. The Morgan fingerprint density at radius 2 is 0.722 bits per heavy atom. The summed E-state index contributed by atoms with van der Waals surface area (Å²) < 4.78 is 37.7. The van der Waals surface area contributed by atoms with Crippen LogP contribution in [0.2, 0.25) is 0 Å². The van der Waals surface area contributed by atoms with Crippen LogP contribution in [-0.4, -0.2) is 101 Å². The first-order valence-electron chi connectivity index (χ1n) is 36.2. The van der Waals surface area contributed by atoms with Crippen molar-refractivity contribution in [1.29, 1.82) is 2.67 Å². The van der Waals surface area contributed by atoms with E-state index in [1.807, 2.05) is 119 Å². The fourth-order valence-corrected chi connectivity index (χ4v) is 9.79. The van der Waals surface area contributed by atoms with Crippen LogP contribution in [0.15, 0.2) is 60.7 Å². The molecule has 0 spiro atoms. The average molecular weight is 1620 g/mol. The molecule has 557 valence electrons. The summed E-state index contributed by atoms with van der Waals surface area (Å²) >= 11 is 0. The van der Waals surface area contributed by atoms with E-state index in [4.69, 9.17) is 46.5 Å². The molecular weight excluding hydrogens is 1480 g/mol. The minimum atomic E-state index is -0.598. The van der Waals surface area contributed by atoms with E-state index in [0.29, 0.717) is 53.5 Å². The van der Waals surface area contributed by atoms with E-state index in [0.717, 1.165) is 77.0 Å². The number of halogens is 1. The molecule has 0 aliphatic heterocycles. The Morgan fingerprint density at radius 3 is 1.02 bits per heavy atom. The molecule has 2 aromatic rings. The Morgan fingerprint density at radius 1 is 0.454 bits per heavy atom. The predicted molar refractivity (Wildman–Crippen MR) is 390 cm³/mol. The van der Waals surface area contributed by atoms with Gasteiger partial charge in [-0.25, -0.2) is 4.79 Å². The van der Waals surface area contributed by atoms with Gasteiger partial charge in [-0.15, -0.1) is 12.4 Å². The first-order valence-corrected chi connectivity index (χ1v) is 35.1. The number of aryl methyl sites for hydroxylation is 2. The topological polar surface area (TPSA) is 255 Å². The van der Waals surface area contributed by atoms with Crippen LogP contribution in [0.5, 0.6) is 0 Å². The van der Waals surface area contributed by atoms with Crippen molar-refractivity contribution in [2.24, 2.45) is 5.73 Å². The van der Waals surface area contributed by atoms with E-state index in [9.17, 15) is 28.8 Å². The van der Waals surface area contributed by atoms with E-state index >= 15 is 0 Å². The smallest absolute Gasteiger partial charge is 0.373 e. The van der Waals surface area contributed by atoms with Gasteiger partial charge in [0, 0.05) is 50.4 Å². The number of hydrogen-bond acceptors (Lipinski definition) is 16. The number of amides is 1. The molecule has 0 saturated heterocycles. The zero-order chi connectivity index (χ0) is 73.2. The van der Waals surface area contributed by atoms with Crippen LogP contribution in [0.25, 0.3) is 0 Å². The van der Waals surface area contributed by atoms with Gasteiger partial charge in [-0.1, -0.05) is 222 Å². The van der Waals surface area contributed by atoms with Gasteiger partial charge in [0.1, 0.15) is 34.5 Å². The van der Waals surface area contributed by atoms with Gasteiger partial charge >= 0.3 is 36.2 Å². The molecule has 0 saturated carbocycles. The molecule has 20 heteroatoms. The maximum atomic E-state index is 12.8. The summed E-state index contributed by atoms with van der Waals surface area (Å²) in [5, 5.41) is 2.95. The summed E-state index contributed by atoms with van der Waals surface area (Å²) in [6, 6.07) is 19.3. The number of carbonyl (C=O) groups is 6. The Kier molecular flexibility index (Phi) is 72.8. The zero-order valence-corrected chi connectivity index (χ0v) is 66.5. The third kappa shape index (κ3) is 83.7. The van der Waals surface area contributed by atoms with Gasteiger partial charge in [0.05, 0.1) is 14.9 Å². The van der Waals surface area contributed by atoms with Gasteiger partial charge in [0.2, 0.25) is 5.91 Å². The molecule has 2 rings (SSSR count). The monoisotopic (exact) mass is 1620 g/mol. The van der Waals surface area contributed by atoms with Crippen molar-refractivity contribution in [3.05, 3.63) is 71.8 Å². The van der Waals surface area contributed by atoms with Crippen LogP contribution in [-0.2, 0) is 84.5 Å². The van der Waals surface area contributed by atoms with Crippen LogP contribution >= 0.6 is 12.4 Å². The maximum Gasteiger partial charge on any atom is 0.373 e. The van der Waals surface area contributed by atoms with Crippen LogP contribution in [0, 0.1) is 31.1 Å². The van der Waals surface area contributed by atoms with Gasteiger partial charge < -0.3 is 34.7 Å². The molecule has 0 aliphatic carbocycles. The first kappa shape index (κ1) is 101. The van der Waals surface area contributed by atoms with Crippen molar-refractivity contribution in [3.63, 3.8) is 0 Å². The minimum absolute atomic E-state index is 0. The van der Waals surface area contributed by atoms with Gasteiger partial charge in [0.15, 0.2) is 0 Å². The summed E-state index contributed by atoms with van der Waals surface area (Å²) in [5.74, 6) is -0.850. The van der Waals surface area contributed by atoms with E-state index in [1.54, 1.807) is 0 Å². The van der Waals surface area contributed by atoms with E-state index in [1.165, 1.54) is 140 Å². The number of unbranched alkanes of at least 4 members (excludes halogenated alkanes) is 26. The average Bonchev–Trinajstić information content (AvgIpc) is 0.936. The van der Waals surface area contributed by atoms with Crippen molar-refractivity contribution in [3.8, 4) is 0 Å². The largest absolute Gasteiger partial charge is 0.468 e. The summed E-state index contributed by atoms with van der Waals surface area (Å²) in [5.41, 5.74) is 6.54. The van der Waals surface area contributed by atoms with Crippen molar-refractivity contribution in [2.45, 2.75) is 363 Å². The quantitative estimate of drug-likeness (QED) is 0.0205. The number of hydrogen-bond donors (Lipinski definition) is 2. The fourth-order valence-electron chi connectivity index (χ4n) is 9.79. The number of nitrogens with two attached hydrogens (primary N) is 1. The van der Waals surface area contributed by atoms with Crippen LogP contribution in [0.1, 0.15) is 326 Å². The molecule has 0 aliphatic rings. The van der Waals surface area contributed by atoms with Crippen molar-refractivity contribution >= 4 is 69.3 Å². The number of benzene rings is 2. The molecule has 17 nitrogen and oxygen atoms in total. The van der Waals surface area contributed by atoms with Crippen molar-refractivity contribution in [1.82, 2.24) is 5.32 Å². The van der Waals surface area contributed by atoms with Gasteiger partial charge in [0.25, 0.3) is 6.47 Å². The fraction of sp³-hybridized carbons (Fsp3) is 0.740. The summed E-state index contributed by atoms with van der Waals surface area (Å²) in [7, 11) is 0.500. The van der Waals surface area contributed by atoms with Crippen LogP contribution in [0.3, 0.4) is 0 Å². The van der Waals surface area contributed by atoms with E-state index in [2.05, 4.69) is 34.3 Å². The Hall–Kier alpha value is -4.61. The van der Waals surface area contributed by atoms with Crippen molar-refractivity contribution in [2.75, 3.05) is 6.61 Å². The number of carbonyl (C=O) groups excluding carboxylic acids is 10. The molecule has 2 unspecified atom stereocenters. The summed E-state index contributed by atoms with van der Waals surface area (Å²) in [6.07, 6.45) is 40.7. The third-order valence-electron chi connectivity index (χ3n) is 14.2. The minimum Gasteiger partial charge on any atom is -0.468 e. The van der Waals surface area contributed by atoms with Crippen LogP contribution in [0.4, 0.5) is 0 Å². The third-order valence-corrected chi connectivity index (χ3v) is 14.2. The number of rotatable bonds is 46. The molecule has 0 aromatic heterocycles. The molecule has 2 aromatic carbocycles. The van der Waals surface area contributed by atoms with Crippen molar-refractivity contribution < 1.29 is 103 Å². The van der Waals surface area contributed by atoms with E-state index < -0.39 is 23.3 Å². The second-order valence-corrected chi connectivity index (χ2v) is 28.0. The van der Waals surface area contributed by atoms with Gasteiger partial charge in [-0.05, 0) is 161 Å². The number of ether oxygens (including phenoxy) is 5. The molecule has 1 amide bonds. The molecule has 0 heterocycles. The normalized spacial score (nSPS) is 11.4. The first-order chi connectivity index (χ1) is 45.4.